The fourth-order valence-electron chi connectivity index (χ4n) is 3.42. The van der Waals surface area contributed by atoms with Crippen LogP contribution in [0, 0.1) is 11.7 Å². The lowest BCUT2D eigenvalue weighted by molar-refractivity contribution is -0.146. The van der Waals surface area contributed by atoms with Crippen molar-refractivity contribution in [3.63, 3.8) is 0 Å². The minimum Gasteiger partial charge on any atom is -0.461 e. The van der Waals surface area contributed by atoms with Crippen LogP contribution in [-0.4, -0.2) is 11.9 Å². The molecule has 2 atom stereocenters. The van der Waals surface area contributed by atoms with E-state index in [1.165, 1.54) is 25.1 Å². The predicted molar refractivity (Wildman–Crippen MR) is 104 cm³/mol. The molecular weight excluding hydrogens is 377 g/mol. The highest BCUT2D eigenvalue weighted by Crippen LogP contribution is 2.48. The third kappa shape index (κ3) is 4.18. The maximum atomic E-state index is 13.0. The molecule has 1 fully saturated rings. The standard InChI is InChI=1S/C22H18FNO5/c1-12(25)24-16-6-7-17-14(8-21(26)29-20(17)9-16)11-28-22(27)19-10-18(19)13-2-4-15(23)5-3-13/h2-9,18-19H,10-11H2,1H3,(H,24,25). The molecule has 1 aliphatic rings. The smallest absolute Gasteiger partial charge is 0.336 e. The molecular formula is C22H18FNO5. The number of carbonyl (C=O) groups is 2. The first-order valence-electron chi connectivity index (χ1n) is 9.17. The van der Waals surface area contributed by atoms with Crippen LogP contribution in [0.4, 0.5) is 10.1 Å². The fourth-order valence-corrected chi connectivity index (χ4v) is 3.42. The number of rotatable bonds is 5. The molecule has 1 amide bonds. The topological polar surface area (TPSA) is 85.6 Å². The Labute approximate surface area is 165 Å². The number of fused-ring (bicyclic) bond motifs is 1. The number of benzene rings is 2. The molecule has 6 nitrogen and oxygen atoms in total. The van der Waals surface area contributed by atoms with Crippen molar-refractivity contribution in [3.05, 3.63) is 75.9 Å². The van der Waals surface area contributed by atoms with Crippen LogP contribution in [0.15, 0.2) is 57.7 Å². The van der Waals surface area contributed by atoms with Gasteiger partial charge in [0.1, 0.15) is 18.0 Å². The maximum absolute atomic E-state index is 13.0. The number of amides is 1. The monoisotopic (exact) mass is 395 g/mol. The van der Waals surface area contributed by atoms with Gasteiger partial charge in [0.2, 0.25) is 5.91 Å². The van der Waals surface area contributed by atoms with Crippen molar-refractivity contribution in [2.75, 3.05) is 5.32 Å². The first-order valence-corrected chi connectivity index (χ1v) is 9.17. The Bertz CT molecular complexity index is 1150. The molecule has 1 heterocycles. The van der Waals surface area contributed by atoms with E-state index in [-0.39, 0.29) is 36.1 Å². The molecule has 4 rings (SSSR count). The zero-order chi connectivity index (χ0) is 20.5. The normalized spacial score (nSPS) is 17.7. The van der Waals surface area contributed by atoms with Crippen molar-refractivity contribution in [2.45, 2.75) is 25.9 Å². The summed E-state index contributed by atoms with van der Waals surface area (Å²) in [5.74, 6) is -1.14. The summed E-state index contributed by atoms with van der Waals surface area (Å²) in [5, 5.41) is 3.25. The number of hydrogen-bond acceptors (Lipinski definition) is 5. The summed E-state index contributed by atoms with van der Waals surface area (Å²) in [4.78, 5) is 35.4. The quantitative estimate of drug-likeness (QED) is 0.525. The minimum absolute atomic E-state index is 0.0286. The molecule has 7 heteroatoms. The van der Waals surface area contributed by atoms with Crippen LogP contribution in [0.2, 0.25) is 0 Å². The number of anilines is 1. The first kappa shape index (κ1) is 18.9. The molecule has 1 saturated carbocycles. The van der Waals surface area contributed by atoms with Gasteiger partial charge in [0.25, 0.3) is 0 Å². The number of ether oxygens (including phenoxy) is 1. The lowest BCUT2D eigenvalue weighted by atomic mass is 10.1. The van der Waals surface area contributed by atoms with Crippen LogP contribution < -0.4 is 10.9 Å². The van der Waals surface area contributed by atoms with E-state index in [9.17, 15) is 18.8 Å². The van der Waals surface area contributed by atoms with Gasteiger partial charge in [0.15, 0.2) is 0 Å². The van der Waals surface area contributed by atoms with E-state index in [0.717, 1.165) is 5.56 Å². The van der Waals surface area contributed by atoms with Crippen LogP contribution in [0.3, 0.4) is 0 Å². The third-order valence-corrected chi connectivity index (χ3v) is 4.91. The van der Waals surface area contributed by atoms with E-state index in [1.807, 2.05) is 0 Å². The van der Waals surface area contributed by atoms with Crippen molar-refractivity contribution in [1.82, 2.24) is 0 Å². The van der Waals surface area contributed by atoms with E-state index in [4.69, 9.17) is 9.15 Å². The number of carbonyl (C=O) groups excluding carboxylic acids is 2. The molecule has 1 aliphatic carbocycles. The molecule has 2 unspecified atom stereocenters. The SMILES string of the molecule is CC(=O)Nc1ccc2c(COC(=O)C3CC3c3ccc(F)cc3)cc(=O)oc2c1. The van der Waals surface area contributed by atoms with Crippen molar-refractivity contribution in [3.8, 4) is 0 Å². The van der Waals surface area contributed by atoms with Crippen molar-refractivity contribution in [1.29, 1.82) is 0 Å². The summed E-state index contributed by atoms with van der Waals surface area (Å²) < 4.78 is 23.7. The molecule has 148 valence electrons. The predicted octanol–water partition coefficient (Wildman–Crippen LogP) is 3.74. The van der Waals surface area contributed by atoms with Crippen LogP contribution in [0.1, 0.15) is 30.4 Å². The third-order valence-electron chi connectivity index (χ3n) is 4.91. The molecule has 2 aromatic carbocycles. The number of hydrogen-bond donors (Lipinski definition) is 1. The number of nitrogens with one attached hydrogen (secondary N) is 1. The van der Waals surface area contributed by atoms with Gasteiger partial charge in [-0.2, -0.15) is 0 Å². The van der Waals surface area contributed by atoms with Gasteiger partial charge >= 0.3 is 11.6 Å². The average Bonchev–Trinajstić information content (AvgIpc) is 3.46. The minimum atomic E-state index is -0.570. The molecule has 1 N–H and O–H groups in total. The van der Waals surface area contributed by atoms with Gasteiger partial charge in [-0.15, -0.1) is 0 Å². The molecule has 0 radical (unpaired) electrons. The van der Waals surface area contributed by atoms with E-state index in [0.29, 0.717) is 28.6 Å². The highest BCUT2D eigenvalue weighted by Gasteiger charge is 2.45. The second-order valence-corrected chi connectivity index (χ2v) is 7.09. The second kappa shape index (κ2) is 7.50. The summed E-state index contributed by atoms with van der Waals surface area (Å²) in [5.41, 5.74) is 1.66. The van der Waals surface area contributed by atoms with Crippen LogP contribution >= 0.6 is 0 Å². The fraction of sp³-hybridized carbons (Fsp3) is 0.227. The summed E-state index contributed by atoms with van der Waals surface area (Å²) in [6, 6.07) is 12.3. The van der Waals surface area contributed by atoms with E-state index in [1.54, 1.807) is 30.3 Å². The summed E-state index contributed by atoms with van der Waals surface area (Å²) in [6.45, 7) is 1.32. The Balaban J connectivity index is 1.47. The van der Waals surface area contributed by atoms with Gasteiger partial charge in [-0.25, -0.2) is 9.18 Å². The molecule has 3 aromatic rings. The zero-order valence-corrected chi connectivity index (χ0v) is 15.6. The van der Waals surface area contributed by atoms with Gasteiger partial charge in [0, 0.05) is 35.7 Å². The number of esters is 1. The van der Waals surface area contributed by atoms with Gasteiger partial charge in [-0.1, -0.05) is 12.1 Å². The van der Waals surface area contributed by atoms with Gasteiger partial charge in [-0.05, 0) is 42.2 Å². The average molecular weight is 395 g/mol. The Morgan fingerprint density at radius 3 is 2.66 bits per heavy atom. The largest absolute Gasteiger partial charge is 0.461 e. The van der Waals surface area contributed by atoms with Crippen molar-refractivity contribution < 1.29 is 23.1 Å². The molecule has 1 aromatic heterocycles. The first-order chi connectivity index (χ1) is 13.9. The van der Waals surface area contributed by atoms with Gasteiger partial charge in [0.05, 0.1) is 5.92 Å². The summed E-state index contributed by atoms with van der Waals surface area (Å²) in [6.07, 6.45) is 0.655. The maximum Gasteiger partial charge on any atom is 0.336 e. The molecule has 29 heavy (non-hydrogen) atoms. The van der Waals surface area contributed by atoms with E-state index < -0.39 is 5.63 Å². The van der Waals surface area contributed by atoms with Crippen molar-refractivity contribution in [2.24, 2.45) is 5.92 Å². The zero-order valence-electron chi connectivity index (χ0n) is 15.6. The Kier molecular flexibility index (Phi) is 4.88. The molecule has 0 aliphatic heterocycles. The number of halogens is 1. The Morgan fingerprint density at radius 1 is 1.17 bits per heavy atom. The van der Waals surface area contributed by atoms with Gasteiger partial charge in [-0.3, -0.25) is 9.59 Å². The van der Waals surface area contributed by atoms with Gasteiger partial charge < -0.3 is 14.5 Å². The van der Waals surface area contributed by atoms with Crippen molar-refractivity contribution >= 4 is 28.5 Å². The summed E-state index contributed by atoms with van der Waals surface area (Å²) >= 11 is 0. The van der Waals surface area contributed by atoms with E-state index >= 15 is 0 Å². The highest BCUT2D eigenvalue weighted by molar-refractivity contribution is 5.92. The Hall–Kier alpha value is -3.48. The van der Waals surface area contributed by atoms with Crippen LogP contribution in [0.25, 0.3) is 11.0 Å². The lowest BCUT2D eigenvalue weighted by Crippen LogP contribution is -2.10. The summed E-state index contributed by atoms with van der Waals surface area (Å²) in [7, 11) is 0. The molecule has 0 spiro atoms. The molecule has 0 saturated heterocycles. The van der Waals surface area contributed by atoms with Crippen LogP contribution in [-0.2, 0) is 20.9 Å². The highest BCUT2D eigenvalue weighted by atomic mass is 19.1. The Morgan fingerprint density at radius 2 is 1.93 bits per heavy atom. The molecule has 0 bridgehead atoms. The lowest BCUT2D eigenvalue weighted by Gasteiger charge is -2.09. The van der Waals surface area contributed by atoms with E-state index in [2.05, 4.69) is 5.32 Å². The van der Waals surface area contributed by atoms with Crippen LogP contribution in [0.5, 0.6) is 0 Å². The second-order valence-electron chi connectivity index (χ2n) is 7.09.